The number of pyridine rings is 1. The van der Waals surface area contributed by atoms with Gasteiger partial charge in [-0.15, -0.1) is 0 Å². The molecule has 1 aromatic carbocycles. The van der Waals surface area contributed by atoms with E-state index in [1.54, 1.807) is 30.3 Å². The summed E-state index contributed by atoms with van der Waals surface area (Å²) in [6, 6.07) is 11.3. The second kappa shape index (κ2) is 6.76. The van der Waals surface area contributed by atoms with Crippen LogP contribution in [0.5, 0.6) is 0 Å². The number of hydrogen-bond donors (Lipinski definition) is 2. The molecule has 0 aliphatic rings. The zero-order valence-electron chi connectivity index (χ0n) is 11.0. The summed E-state index contributed by atoms with van der Waals surface area (Å²) in [6.45, 7) is 0. The average molecular weight is 303 g/mol. The van der Waals surface area contributed by atoms with Crippen LogP contribution in [0, 0.1) is 5.21 Å². The molecule has 2 aromatic rings. The highest BCUT2D eigenvalue weighted by molar-refractivity contribution is 7.99. The minimum Gasteiger partial charge on any atom is -0.618 e. The van der Waals surface area contributed by atoms with Crippen LogP contribution in [0.3, 0.4) is 0 Å². The predicted octanol–water partition coefficient (Wildman–Crippen LogP) is 1.15. The van der Waals surface area contributed by atoms with Crippen molar-refractivity contribution in [3.63, 3.8) is 0 Å². The molecule has 0 bridgehead atoms. The Hall–Kier alpha value is -2.54. The van der Waals surface area contributed by atoms with Crippen LogP contribution in [-0.2, 0) is 4.79 Å². The number of nitrogens with two attached hydrogens (primary N) is 1. The predicted molar refractivity (Wildman–Crippen MR) is 79.7 cm³/mol. The number of carbonyl (C=O) groups is 2. The monoisotopic (exact) mass is 303 g/mol. The van der Waals surface area contributed by atoms with Gasteiger partial charge in [0, 0.05) is 23.4 Å². The van der Waals surface area contributed by atoms with Crippen LogP contribution in [-0.4, -0.2) is 17.6 Å². The molecule has 7 heteroatoms. The van der Waals surface area contributed by atoms with Crippen LogP contribution in [0.15, 0.2) is 53.7 Å². The van der Waals surface area contributed by atoms with Crippen molar-refractivity contribution in [3.05, 3.63) is 59.4 Å². The van der Waals surface area contributed by atoms with Gasteiger partial charge in [0.25, 0.3) is 5.03 Å². The molecule has 0 radical (unpaired) electrons. The van der Waals surface area contributed by atoms with Crippen molar-refractivity contribution in [3.8, 4) is 0 Å². The summed E-state index contributed by atoms with van der Waals surface area (Å²) in [6.07, 6.45) is 1.38. The molecular formula is C14H13N3O3S. The fraction of sp³-hybridized carbons (Fsp3) is 0.0714. The molecule has 3 N–H and O–H groups in total. The van der Waals surface area contributed by atoms with E-state index < -0.39 is 5.91 Å². The maximum Gasteiger partial charge on any atom is 0.251 e. The maximum atomic E-state index is 11.8. The first-order chi connectivity index (χ1) is 10.1. The summed E-state index contributed by atoms with van der Waals surface area (Å²) in [4.78, 5) is 22.7. The van der Waals surface area contributed by atoms with Crippen molar-refractivity contribution in [2.45, 2.75) is 5.03 Å². The largest absolute Gasteiger partial charge is 0.618 e. The normalized spacial score (nSPS) is 10.1. The number of amides is 2. The lowest BCUT2D eigenvalue weighted by Gasteiger charge is -2.06. The van der Waals surface area contributed by atoms with E-state index in [9.17, 15) is 14.8 Å². The summed E-state index contributed by atoms with van der Waals surface area (Å²) < 4.78 is 0.708. The van der Waals surface area contributed by atoms with Gasteiger partial charge < -0.3 is 16.3 Å². The second-order valence-electron chi connectivity index (χ2n) is 4.14. The zero-order chi connectivity index (χ0) is 15.2. The summed E-state index contributed by atoms with van der Waals surface area (Å²) >= 11 is 1.15. The zero-order valence-corrected chi connectivity index (χ0v) is 11.8. The third-order valence-electron chi connectivity index (χ3n) is 2.59. The smallest absolute Gasteiger partial charge is 0.251 e. The molecule has 2 rings (SSSR count). The van der Waals surface area contributed by atoms with Crippen LogP contribution >= 0.6 is 11.8 Å². The van der Waals surface area contributed by atoms with Gasteiger partial charge >= 0.3 is 0 Å². The van der Waals surface area contributed by atoms with Crippen molar-refractivity contribution >= 4 is 29.3 Å². The van der Waals surface area contributed by atoms with Gasteiger partial charge in [0.2, 0.25) is 11.8 Å². The fourth-order valence-corrected chi connectivity index (χ4v) is 2.29. The third-order valence-corrected chi connectivity index (χ3v) is 3.61. The number of anilines is 1. The first-order valence-corrected chi connectivity index (χ1v) is 7.05. The number of nitrogens with zero attached hydrogens (tertiary/aromatic N) is 1. The Bertz CT molecular complexity index is 659. The van der Waals surface area contributed by atoms with E-state index in [0.29, 0.717) is 21.0 Å². The number of rotatable bonds is 5. The number of thioether (sulfide) groups is 1. The summed E-state index contributed by atoms with van der Waals surface area (Å²) in [7, 11) is 0. The van der Waals surface area contributed by atoms with Crippen LogP contribution in [0.1, 0.15) is 10.4 Å². The van der Waals surface area contributed by atoms with Crippen LogP contribution in [0.2, 0.25) is 0 Å². The maximum absolute atomic E-state index is 11.8. The topological polar surface area (TPSA) is 99.1 Å². The van der Waals surface area contributed by atoms with Gasteiger partial charge in [0.1, 0.15) is 0 Å². The Morgan fingerprint density at radius 3 is 2.52 bits per heavy atom. The number of nitrogens with one attached hydrogen (secondary N) is 1. The second-order valence-corrected chi connectivity index (χ2v) is 5.14. The van der Waals surface area contributed by atoms with Gasteiger partial charge in [-0.25, -0.2) is 0 Å². The Balaban J connectivity index is 1.90. The van der Waals surface area contributed by atoms with Crippen molar-refractivity contribution in [1.29, 1.82) is 0 Å². The Morgan fingerprint density at radius 1 is 1.19 bits per heavy atom. The highest BCUT2D eigenvalue weighted by Crippen LogP contribution is 2.14. The molecule has 0 aliphatic heterocycles. The number of primary amides is 1. The number of benzene rings is 1. The quantitative estimate of drug-likeness (QED) is 0.491. The van der Waals surface area contributed by atoms with Crippen LogP contribution in [0.4, 0.5) is 5.69 Å². The first kappa shape index (κ1) is 14.9. The molecule has 0 unspecified atom stereocenters. The molecule has 0 fully saturated rings. The molecule has 0 saturated carbocycles. The van der Waals surface area contributed by atoms with Crippen molar-refractivity contribution < 1.29 is 14.3 Å². The van der Waals surface area contributed by atoms with Gasteiger partial charge in [-0.05, 0) is 42.1 Å². The average Bonchev–Trinajstić information content (AvgIpc) is 2.47. The lowest BCUT2D eigenvalue weighted by molar-refractivity contribution is -0.645. The molecule has 21 heavy (non-hydrogen) atoms. The minimum absolute atomic E-state index is 0.115. The minimum atomic E-state index is -0.521. The first-order valence-electron chi connectivity index (χ1n) is 6.07. The lowest BCUT2D eigenvalue weighted by atomic mass is 10.2. The van der Waals surface area contributed by atoms with E-state index in [0.717, 1.165) is 11.8 Å². The van der Waals surface area contributed by atoms with E-state index in [2.05, 4.69) is 5.32 Å². The summed E-state index contributed by atoms with van der Waals surface area (Å²) in [5.41, 5.74) is 6.07. The molecule has 1 heterocycles. The van der Waals surface area contributed by atoms with E-state index in [4.69, 9.17) is 5.73 Å². The van der Waals surface area contributed by atoms with Crippen LogP contribution < -0.4 is 15.8 Å². The molecular weight excluding hydrogens is 290 g/mol. The van der Waals surface area contributed by atoms with Gasteiger partial charge in [-0.3, -0.25) is 9.59 Å². The SMILES string of the molecule is NC(=O)c1ccc(NC(=O)CSc2cccc[n+]2[O-])cc1. The fourth-order valence-electron chi connectivity index (χ4n) is 1.58. The molecule has 108 valence electrons. The summed E-state index contributed by atoms with van der Waals surface area (Å²) in [5, 5.41) is 14.5. The Morgan fingerprint density at radius 2 is 1.90 bits per heavy atom. The highest BCUT2D eigenvalue weighted by Gasteiger charge is 2.09. The number of carbonyl (C=O) groups excluding carboxylic acids is 2. The van der Waals surface area contributed by atoms with Gasteiger partial charge in [-0.2, -0.15) is 4.73 Å². The standard InChI is InChI=1S/C14H13N3O3S/c15-14(19)10-4-6-11(7-5-10)16-12(18)9-21-13-3-1-2-8-17(13)20/h1-8H,9H2,(H2,15,19)(H,16,18). The molecule has 6 nitrogen and oxygen atoms in total. The van der Waals surface area contributed by atoms with E-state index in [1.807, 2.05) is 0 Å². The number of aromatic nitrogens is 1. The van der Waals surface area contributed by atoms with Crippen molar-refractivity contribution in [2.75, 3.05) is 11.1 Å². The Labute approximate surface area is 125 Å². The van der Waals surface area contributed by atoms with Crippen molar-refractivity contribution in [2.24, 2.45) is 5.73 Å². The van der Waals surface area contributed by atoms with E-state index in [1.165, 1.54) is 18.3 Å². The van der Waals surface area contributed by atoms with Gasteiger partial charge in [0.05, 0.1) is 5.75 Å². The van der Waals surface area contributed by atoms with Gasteiger partial charge in [-0.1, -0.05) is 0 Å². The van der Waals surface area contributed by atoms with Crippen molar-refractivity contribution in [1.82, 2.24) is 0 Å². The van der Waals surface area contributed by atoms with Crippen LogP contribution in [0.25, 0.3) is 0 Å². The molecule has 1 aromatic heterocycles. The van der Waals surface area contributed by atoms with E-state index in [-0.39, 0.29) is 11.7 Å². The van der Waals surface area contributed by atoms with E-state index >= 15 is 0 Å². The molecule has 0 atom stereocenters. The molecule has 0 aliphatic carbocycles. The highest BCUT2D eigenvalue weighted by atomic mass is 32.2. The van der Waals surface area contributed by atoms with Gasteiger partial charge in [0.15, 0.2) is 6.20 Å². The molecule has 2 amide bonds. The number of hydrogen-bond acceptors (Lipinski definition) is 4. The Kier molecular flexibility index (Phi) is 4.78. The third kappa shape index (κ3) is 4.22. The molecule has 0 saturated heterocycles. The summed E-state index contributed by atoms with van der Waals surface area (Å²) in [5.74, 6) is -0.646. The molecule has 0 spiro atoms. The lowest BCUT2D eigenvalue weighted by Crippen LogP contribution is -2.28.